The summed E-state index contributed by atoms with van der Waals surface area (Å²) >= 11 is 0. The number of hydrogen-bond donors (Lipinski definition) is 1. The van der Waals surface area contributed by atoms with Crippen LogP contribution in [0.15, 0.2) is 66.7 Å². The van der Waals surface area contributed by atoms with Crippen molar-refractivity contribution < 1.29 is 9.47 Å². The Balaban J connectivity index is 1.62. The van der Waals surface area contributed by atoms with Gasteiger partial charge in [-0.15, -0.1) is 0 Å². The Labute approximate surface area is 158 Å². The third kappa shape index (κ3) is 3.80. The summed E-state index contributed by atoms with van der Waals surface area (Å²) in [4.78, 5) is 8.09. The summed E-state index contributed by atoms with van der Waals surface area (Å²) in [6.45, 7) is 5.12. The van der Waals surface area contributed by atoms with Gasteiger partial charge in [0.1, 0.15) is 12.4 Å². The van der Waals surface area contributed by atoms with Crippen LogP contribution >= 0.6 is 0 Å². The number of aromatic amines is 1. The predicted octanol–water partition coefficient (Wildman–Crippen LogP) is 5.52. The molecule has 4 heteroatoms. The quantitative estimate of drug-likeness (QED) is 0.494. The van der Waals surface area contributed by atoms with Crippen LogP contribution in [0, 0.1) is 6.92 Å². The third-order valence-corrected chi connectivity index (χ3v) is 4.39. The van der Waals surface area contributed by atoms with Crippen LogP contribution in [0.1, 0.15) is 18.1 Å². The molecule has 136 valence electrons. The largest absolute Gasteiger partial charge is 0.490 e. The van der Waals surface area contributed by atoms with Gasteiger partial charge in [0, 0.05) is 5.56 Å². The van der Waals surface area contributed by atoms with Crippen molar-refractivity contribution in [2.75, 3.05) is 6.61 Å². The number of hydrogen-bond acceptors (Lipinski definition) is 3. The first-order valence-corrected chi connectivity index (χ1v) is 9.13. The van der Waals surface area contributed by atoms with E-state index in [1.54, 1.807) is 0 Å². The van der Waals surface area contributed by atoms with E-state index in [-0.39, 0.29) is 0 Å². The molecule has 27 heavy (non-hydrogen) atoms. The molecule has 0 unspecified atom stereocenters. The second-order valence-corrected chi connectivity index (χ2v) is 6.47. The molecule has 4 rings (SSSR count). The second-order valence-electron chi connectivity index (χ2n) is 6.47. The number of aryl methyl sites for hydroxylation is 1. The summed E-state index contributed by atoms with van der Waals surface area (Å²) < 4.78 is 11.8. The average molecular weight is 358 g/mol. The van der Waals surface area contributed by atoms with Crippen molar-refractivity contribution in [2.24, 2.45) is 0 Å². The fourth-order valence-corrected chi connectivity index (χ4v) is 3.04. The molecule has 4 nitrogen and oxygen atoms in total. The molecule has 0 atom stereocenters. The van der Waals surface area contributed by atoms with Crippen LogP contribution in [-0.4, -0.2) is 16.6 Å². The van der Waals surface area contributed by atoms with E-state index in [9.17, 15) is 0 Å². The Morgan fingerprint density at radius 1 is 0.889 bits per heavy atom. The summed E-state index contributed by atoms with van der Waals surface area (Å²) in [6, 6.07) is 22.2. The highest BCUT2D eigenvalue weighted by Crippen LogP contribution is 2.33. The summed E-state index contributed by atoms with van der Waals surface area (Å²) in [5, 5.41) is 0. The molecule has 0 spiro atoms. The van der Waals surface area contributed by atoms with Crippen LogP contribution in [0.25, 0.3) is 22.4 Å². The first kappa shape index (κ1) is 17.2. The van der Waals surface area contributed by atoms with Crippen molar-refractivity contribution in [1.82, 2.24) is 9.97 Å². The van der Waals surface area contributed by atoms with E-state index in [0.29, 0.717) is 13.2 Å². The maximum absolute atomic E-state index is 5.99. The van der Waals surface area contributed by atoms with Gasteiger partial charge in [-0.05, 0) is 55.3 Å². The zero-order valence-corrected chi connectivity index (χ0v) is 15.5. The van der Waals surface area contributed by atoms with Crippen molar-refractivity contribution >= 4 is 11.0 Å². The van der Waals surface area contributed by atoms with Crippen molar-refractivity contribution in [3.05, 3.63) is 77.9 Å². The second kappa shape index (κ2) is 7.54. The minimum absolute atomic E-state index is 0.504. The highest BCUT2D eigenvalue weighted by molar-refractivity contribution is 5.80. The third-order valence-electron chi connectivity index (χ3n) is 4.39. The highest BCUT2D eigenvalue weighted by Gasteiger charge is 2.11. The van der Waals surface area contributed by atoms with E-state index < -0.39 is 0 Å². The molecule has 1 N–H and O–H groups in total. The van der Waals surface area contributed by atoms with Gasteiger partial charge < -0.3 is 14.5 Å². The molecule has 0 bridgehead atoms. The minimum atomic E-state index is 0.504. The molecule has 0 radical (unpaired) electrons. The van der Waals surface area contributed by atoms with Gasteiger partial charge in [0.2, 0.25) is 0 Å². The number of imidazole rings is 1. The van der Waals surface area contributed by atoms with Crippen molar-refractivity contribution in [3.63, 3.8) is 0 Å². The Bertz CT molecular complexity index is 1050. The molecular weight excluding hydrogens is 336 g/mol. The lowest BCUT2D eigenvalue weighted by Gasteiger charge is -2.13. The Morgan fingerprint density at radius 3 is 2.56 bits per heavy atom. The summed E-state index contributed by atoms with van der Waals surface area (Å²) in [5.41, 5.74) is 5.29. The van der Waals surface area contributed by atoms with Crippen molar-refractivity contribution in [3.8, 4) is 22.9 Å². The van der Waals surface area contributed by atoms with E-state index in [0.717, 1.165) is 39.5 Å². The predicted molar refractivity (Wildman–Crippen MR) is 108 cm³/mol. The summed E-state index contributed by atoms with van der Waals surface area (Å²) in [6.07, 6.45) is 0. The van der Waals surface area contributed by atoms with E-state index in [1.165, 1.54) is 5.56 Å². The van der Waals surface area contributed by atoms with Crippen LogP contribution < -0.4 is 9.47 Å². The lowest BCUT2D eigenvalue weighted by molar-refractivity contribution is 0.269. The van der Waals surface area contributed by atoms with Crippen LogP contribution in [0.4, 0.5) is 0 Å². The Kier molecular flexibility index (Phi) is 4.79. The van der Waals surface area contributed by atoms with Gasteiger partial charge in [-0.2, -0.15) is 0 Å². The smallest absolute Gasteiger partial charge is 0.161 e. The molecular formula is C23H22N2O2. The fourth-order valence-electron chi connectivity index (χ4n) is 3.04. The molecule has 0 fully saturated rings. The number of nitrogens with zero attached hydrogens (tertiary/aromatic N) is 1. The lowest BCUT2D eigenvalue weighted by Crippen LogP contribution is -2.00. The molecule has 3 aromatic carbocycles. The SMILES string of the molecule is CCOc1cc(-c2nc3ccc(C)cc3[nH]2)ccc1OCc1ccccc1. The maximum Gasteiger partial charge on any atom is 0.161 e. The van der Waals surface area contributed by atoms with E-state index in [2.05, 4.69) is 24.0 Å². The number of aromatic nitrogens is 2. The standard InChI is InChI=1S/C23H22N2O2/c1-3-26-22-14-18(23-24-19-11-9-16(2)13-20(19)25-23)10-12-21(22)27-15-17-7-5-4-6-8-17/h4-14H,3,15H2,1-2H3,(H,24,25). The monoisotopic (exact) mass is 358 g/mol. The molecule has 1 heterocycles. The zero-order chi connectivity index (χ0) is 18.6. The topological polar surface area (TPSA) is 47.1 Å². The Hall–Kier alpha value is -3.27. The van der Waals surface area contributed by atoms with Gasteiger partial charge in [0.25, 0.3) is 0 Å². The normalized spacial score (nSPS) is 10.9. The molecule has 0 saturated carbocycles. The molecule has 0 aliphatic rings. The molecule has 4 aromatic rings. The van der Waals surface area contributed by atoms with Gasteiger partial charge in [-0.3, -0.25) is 0 Å². The average Bonchev–Trinajstić information content (AvgIpc) is 3.11. The minimum Gasteiger partial charge on any atom is -0.490 e. The van der Waals surface area contributed by atoms with Crippen LogP contribution in [-0.2, 0) is 6.61 Å². The van der Waals surface area contributed by atoms with Crippen LogP contribution in [0.5, 0.6) is 11.5 Å². The number of nitrogens with one attached hydrogen (secondary N) is 1. The summed E-state index contributed by atoms with van der Waals surface area (Å²) in [7, 11) is 0. The molecule has 0 aliphatic heterocycles. The van der Waals surface area contributed by atoms with Gasteiger partial charge in [-0.25, -0.2) is 4.98 Å². The number of fused-ring (bicyclic) bond motifs is 1. The first-order chi connectivity index (χ1) is 13.2. The van der Waals surface area contributed by atoms with Gasteiger partial charge in [0.05, 0.1) is 17.6 Å². The van der Waals surface area contributed by atoms with Gasteiger partial charge >= 0.3 is 0 Å². The number of rotatable bonds is 6. The van der Waals surface area contributed by atoms with E-state index >= 15 is 0 Å². The van der Waals surface area contributed by atoms with Crippen LogP contribution in [0.3, 0.4) is 0 Å². The van der Waals surface area contributed by atoms with Crippen molar-refractivity contribution in [2.45, 2.75) is 20.5 Å². The maximum atomic E-state index is 5.99. The van der Waals surface area contributed by atoms with E-state index in [4.69, 9.17) is 14.5 Å². The van der Waals surface area contributed by atoms with Crippen molar-refractivity contribution in [1.29, 1.82) is 0 Å². The number of ether oxygens (including phenoxy) is 2. The highest BCUT2D eigenvalue weighted by atomic mass is 16.5. The fraction of sp³-hybridized carbons (Fsp3) is 0.174. The van der Waals surface area contributed by atoms with E-state index in [1.807, 2.05) is 61.5 Å². The first-order valence-electron chi connectivity index (χ1n) is 9.13. The van der Waals surface area contributed by atoms with Gasteiger partial charge in [-0.1, -0.05) is 36.4 Å². The van der Waals surface area contributed by atoms with Crippen LogP contribution in [0.2, 0.25) is 0 Å². The zero-order valence-electron chi connectivity index (χ0n) is 15.5. The number of H-pyrrole nitrogens is 1. The molecule has 0 saturated heterocycles. The molecule has 0 aliphatic carbocycles. The van der Waals surface area contributed by atoms with Gasteiger partial charge in [0.15, 0.2) is 11.5 Å². The lowest BCUT2D eigenvalue weighted by atomic mass is 10.2. The number of benzene rings is 3. The molecule has 1 aromatic heterocycles. The Morgan fingerprint density at radius 2 is 1.74 bits per heavy atom. The molecule has 0 amide bonds. The summed E-state index contributed by atoms with van der Waals surface area (Å²) in [5.74, 6) is 2.28.